The van der Waals surface area contributed by atoms with E-state index in [1.165, 1.54) is 22.2 Å². The summed E-state index contributed by atoms with van der Waals surface area (Å²) in [6.45, 7) is 2.40. The van der Waals surface area contributed by atoms with Gasteiger partial charge in [0.1, 0.15) is 17.6 Å². The number of nitrogens with zero attached hydrogens (tertiary/aromatic N) is 3. The van der Waals surface area contributed by atoms with Gasteiger partial charge in [0.2, 0.25) is 11.8 Å². The fourth-order valence-electron chi connectivity index (χ4n) is 4.64. The third-order valence-electron chi connectivity index (χ3n) is 6.84. The maximum absolute atomic E-state index is 13.5. The van der Waals surface area contributed by atoms with E-state index in [0.29, 0.717) is 34.7 Å². The Morgan fingerprint density at radius 2 is 1.76 bits per heavy atom. The van der Waals surface area contributed by atoms with Gasteiger partial charge in [0.05, 0.1) is 18.6 Å². The fourth-order valence-corrected chi connectivity index (χ4v) is 5.44. The van der Waals surface area contributed by atoms with Gasteiger partial charge < -0.3 is 15.4 Å². The zero-order chi connectivity index (χ0) is 28.8. The van der Waals surface area contributed by atoms with Crippen molar-refractivity contribution in [2.75, 3.05) is 18.2 Å². The van der Waals surface area contributed by atoms with E-state index in [1.807, 2.05) is 72.8 Å². The number of amides is 3. The third-order valence-corrected chi connectivity index (χ3v) is 7.78. The molecule has 1 atom stereocenters. The maximum Gasteiger partial charge on any atom is 0.259 e. The predicted octanol–water partition coefficient (Wildman–Crippen LogP) is 4.68. The van der Waals surface area contributed by atoms with E-state index in [1.54, 1.807) is 7.11 Å². The lowest BCUT2D eigenvalue weighted by Crippen LogP contribution is -2.41. The average molecular weight is 570 g/mol. The minimum absolute atomic E-state index is 0.0730. The number of carbonyl (C=O) groups is 3. The zero-order valence-corrected chi connectivity index (χ0v) is 23.7. The third kappa shape index (κ3) is 6.49. The molecule has 2 aliphatic rings. The Morgan fingerprint density at radius 1 is 1.00 bits per heavy atom. The van der Waals surface area contributed by atoms with Crippen molar-refractivity contribution in [3.63, 3.8) is 0 Å². The monoisotopic (exact) mass is 569 g/mol. The topological polar surface area (TPSA) is 112 Å². The van der Waals surface area contributed by atoms with Crippen molar-refractivity contribution in [2.45, 2.75) is 38.8 Å². The van der Waals surface area contributed by atoms with Crippen LogP contribution in [0.4, 0.5) is 11.4 Å². The summed E-state index contributed by atoms with van der Waals surface area (Å²) in [5, 5.41) is 6.18. The summed E-state index contributed by atoms with van der Waals surface area (Å²) in [5.74, 6) is 0.638. The number of hydrogen-bond acceptors (Lipinski definition) is 7. The summed E-state index contributed by atoms with van der Waals surface area (Å²) in [6, 6.07) is 21.9. The number of aliphatic imine (C=N–C) groups is 2. The number of carbonyl (C=O) groups excluding carboxylic acids is 3. The van der Waals surface area contributed by atoms with Crippen molar-refractivity contribution in [3.8, 4) is 5.75 Å². The summed E-state index contributed by atoms with van der Waals surface area (Å²) in [4.78, 5) is 49.7. The summed E-state index contributed by atoms with van der Waals surface area (Å²) >= 11 is 1.18. The number of amidine groups is 2. The Hall–Kier alpha value is -4.44. The van der Waals surface area contributed by atoms with Crippen LogP contribution in [-0.2, 0) is 27.3 Å². The molecule has 0 spiro atoms. The normalized spacial score (nSPS) is 15.4. The first-order chi connectivity index (χ1) is 20.0. The molecule has 210 valence electrons. The van der Waals surface area contributed by atoms with Gasteiger partial charge in [0.25, 0.3) is 5.91 Å². The Balaban J connectivity index is 1.22. The molecule has 0 fully saturated rings. The largest absolute Gasteiger partial charge is 0.496 e. The first-order valence-corrected chi connectivity index (χ1v) is 14.5. The molecule has 9 nitrogen and oxygen atoms in total. The van der Waals surface area contributed by atoms with E-state index < -0.39 is 6.04 Å². The Morgan fingerprint density at radius 3 is 2.54 bits per heavy atom. The second kappa shape index (κ2) is 12.8. The molecule has 0 saturated heterocycles. The van der Waals surface area contributed by atoms with Crippen molar-refractivity contribution in [3.05, 3.63) is 89.5 Å². The molecule has 2 aliphatic heterocycles. The number of aryl methyl sites for hydroxylation is 1. The van der Waals surface area contributed by atoms with Crippen LogP contribution in [0, 0.1) is 0 Å². The van der Waals surface area contributed by atoms with E-state index in [-0.39, 0.29) is 36.3 Å². The minimum atomic E-state index is -0.718. The average Bonchev–Trinajstić information content (AvgIpc) is 3.34. The lowest BCUT2D eigenvalue weighted by atomic mass is 10.1. The highest BCUT2D eigenvalue weighted by atomic mass is 32.2. The van der Waals surface area contributed by atoms with Crippen molar-refractivity contribution in [1.82, 2.24) is 10.2 Å². The molecule has 10 heteroatoms. The number of methoxy groups -OCH3 is 1. The van der Waals surface area contributed by atoms with Crippen LogP contribution in [0.2, 0.25) is 0 Å². The summed E-state index contributed by atoms with van der Waals surface area (Å²) < 4.78 is 5.34. The van der Waals surface area contributed by atoms with Crippen molar-refractivity contribution in [1.29, 1.82) is 0 Å². The van der Waals surface area contributed by atoms with Crippen LogP contribution >= 0.6 is 11.8 Å². The number of rotatable bonds is 10. The standard InChI is InChI=1S/C31H31N5O4S/c1-3-20-12-14-22(15-13-20)33-28(38)19-41-31-35-24-10-6-5-9-23(24)29-34-25(30(39)36(29)31)16-17-27(37)32-18-21-8-4-7-11-26(21)40-2/h4-15,25H,3,16-19H2,1-2H3,(H,32,37)(H,33,38). The van der Waals surface area contributed by atoms with Gasteiger partial charge in [-0.3, -0.25) is 19.4 Å². The Kier molecular flexibility index (Phi) is 8.79. The van der Waals surface area contributed by atoms with Crippen LogP contribution in [0.25, 0.3) is 0 Å². The molecule has 3 aromatic rings. The van der Waals surface area contributed by atoms with E-state index in [0.717, 1.165) is 17.5 Å². The number of fused-ring (bicyclic) bond motifs is 3. The maximum atomic E-state index is 13.5. The molecule has 0 radical (unpaired) electrons. The van der Waals surface area contributed by atoms with Gasteiger partial charge in [0, 0.05) is 29.8 Å². The minimum Gasteiger partial charge on any atom is -0.496 e. The summed E-state index contributed by atoms with van der Waals surface area (Å²) in [6.07, 6.45) is 1.31. The number of hydrogen-bond donors (Lipinski definition) is 2. The number of anilines is 1. The molecule has 5 rings (SSSR count). The van der Waals surface area contributed by atoms with E-state index in [4.69, 9.17) is 9.73 Å². The predicted molar refractivity (Wildman–Crippen MR) is 162 cm³/mol. The van der Waals surface area contributed by atoms with Crippen molar-refractivity contribution < 1.29 is 19.1 Å². The quantitative estimate of drug-likeness (QED) is 0.368. The Labute approximate surface area is 243 Å². The van der Waals surface area contributed by atoms with E-state index in [2.05, 4.69) is 22.5 Å². The highest BCUT2D eigenvalue weighted by Crippen LogP contribution is 2.34. The highest BCUT2D eigenvalue weighted by molar-refractivity contribution is 8.14. The molecular formula is C31H31N5O4S. The lowest BCUT2D eigenvalue weighted by Gasteiger charge is -2.25. The summed E-state index contributed by atoms with van der Waals surface area (Å²) in [5.41, 5.74) is 4.20. The van der Waals surface area contributed by atoms with Crippen LogP contribution in [-0.4, -0.2) is 52.5 Å². The van der Waals surface area contributed by atoms with Gasteiger partial charge in [-0.2, -0.15) is 0 Å². The van der Waals surface area contributed by atoms with E-state index in [9.17, 15) is 14.4 Å². The van der Waals surface area contributed by atoms with Gasteiger partial charge >= 0.3 is 0 Å². The molecule has 2 heterocycles. The lowest BCUT2D eigenvalue weighted by molar-refractivity contribution is -0.125. The molecule has 2 N–H and O–H groups in total. The van der Waals surface area contributed by atoms with Crippen molar-refractivity contribution in [2.24, 2.45) is 9.98 Å². The SMILES string of the molecule is CCc1ccc(NC(=O)CSC2=Nc3ccccc3C3=NC(CCC(=O)NCc4ccccc4OC)C(=O)N23)cc1. The Bertz CT molecular complexity index is 1520. The van der Waals surface area contributed by atoms with Crippen LogP contribution in [0.1, 0.15) is 36.5 Å². The first kappa shape index (κ1) is 28.1. The number of nitrogens with one attached hydrogen (secondary N) is 2. The van der Waals surface area contributed by atoms with Gasteiger partial charge in [-0.15, -0.1) is 0 Å². The highest BCUT2D eigenvalue weighted by Gasteiger charge is 2.41. The van der Waals surface area contributed by atoms with Crippen LogP contribution in [0.5, 0.6) is 5.75 Å². The number of ether oxygens (including phenoxy) is 1. The van der Waals surface area contributed by atoms with Crippen LogP contribution in [0.15, 0.2) is 82.8 Å². The molecule has 1 unspecified atom stereocenters. The molecular weight excluding hydrogens is 538 g/mol. The molecule has 3 amide bonds. The molecule has 0 bridgehead atoms. The number of para-hydroxylation sites is 2. The van der Waals surface area contributed by atoms with Gasteiger partial charge in [-0.25, -0.2) is 9.89 Å². The van der Waals surface area contributed by atoms with Gasteiger partial charge in [-0.1, -0.05) is 61.2 Å². The smallest absolute Gasteiger partial charge is 0.259 e. The first-order valence-electron chi connectivity index (χ1n) is 13.5. The zero-order valence-electron chi connectivity index (χ0n) is 22.9. The van der Waals surface area contributed by atoms with E-state index >= 15 is 0 Å². The second-order valence-corrected chi connectivity index (χ2v) is 10.5. The second-order valence-electron chi connectivity index (χ2n) is 9.57. The molecule has 41 heavy (non-hydrogen) atoms. The van der Waals surface area contributed by atoms with Gasteiger partial charge in [-0.05, 0) is 48.7 Å². The summed E-state index contributed by atoms with van der Waals surface area (Å²) in [7, 11) is 1.59. The fraction of sp³-hybridized carbons (Fsp3) is 0.258. The van der Waals surface area contributed by atoms with Crippen molar-refractivity contribution >= 4 is 51.9 Å². The molecule has 3 aromatic carbocycles. The van der Waals surface area contributed by atoms with Crippen LogP contribution < -0.4 is 15.4 Å². The molecule has 0 saturated carbocycles. The number of thioether (sulfide) groups is 1. The number of benzene rings is 3. The van der Waals surface area contributed by atoms with Gasteiger partial charge in [0.15, 0.2) is 5.17 Å². The molecule has 0 aromatic heterocycles. The van der Waals surface area contributed by atoms with Crippen LogP contribution in [0.3, 0.4) is 0 Å². The molecule has 0 aliphatic carbocycles.